The summed E-state index contributed by atoms with van der Waals surface area (Å²) in [6.45, 7) is 0.0285. The SMILES string of the molecule is CSCCC(=O)Nc1ccc(CO)cc1. The van der Waals surface area contributed by atoms with Crippen LogP contribution in [-0.2, 0) is 11.4 Å². The summed E-state index contributed by atoms with van der Waals surface area (Å²) in [6.07, 6.45) is 2.51. The van der Waals surface area contributed by atoms with Crippen LogP contribution in [0.25, 0.3) is 0 Å². The maximum absolute atomic E-state index is 11.4. The van der Waals surface area contributed by atoms with Crippen molar-refractivity contribution in [3.63, 3.8) is 0 Å². The highest BCUT2D eigenvalue weighted by molar-refractivity contribution is 7.98. The maximum Gasteiger partial charge on any atom is 0.225 e. The number of anilines is 1. The molecule has 82 valence electrons. The van der Waals surface area contributed by atoms with E-state index in [1.165, 1.54) is 0 Å². The number of hydrogen-bond acceptors (Lipinski definition) is 3. The van der Waals surface area contributed by atoms with E-state index in [0.717, 1.165) is 17.0 Å². The fraction of sp³-hybridized carbons (Fsp3) is 0.364. The normalized spacial score (nSPS) is 10.0. The Balaban J connectivity index is 2.46. The minimum Gasteiger partial charge on any atom is -0.392 e. The third kappa shape index (κ3) is 4.36. The number of amides is 1. The average molecular weight is 225 g/mol. The van der Waals surface area contributed by atoms with E-state index in [1.807, 2.05) is 6.26 Å². The van der Waals surface area contributed by atoms with Crippen LogP contribution in [0.3, 0.4) is 0 Å². The molecule has 4 heteroatoms. The van der Waals surface area contributed by atoms with Gasteiger partial charge in [0, 0.05) is 17.9 Å². The molecule has 15 heavy (non-hydrogen) atoms. The molecule has 0 fully saturated rings. The first-order valence-corrected chi connectivity index (χ1v) is 6.14. The molecule has 0 atom stereocenters. The number of nitrogens with one attached hydrogen (secondary N) is 1. The first-order chi connectivity index (χ1) is 7.26. The third-order valence-electron chi connectivity index (χ3n) is 1.95. The number of rotatable bonds is 5. The van der Waals surface area contributed by atoms with E-state index in [-0.39, 0.29) is 12.5 Å². The maximum atomic E-state index is 11.4. The van der Waals surface area contributed by atoms with E-state index in [1.54, 1.807) is 36.0 Å². The molecule has 0 radical (unpaired) electrons. The number of aliphatic hydroxyl groups excluding tert-OH is 1. The second kappa shape index (κ2) is 6.48. The molecule has 2 N–H and O–H groups in total. The van der Waals surface area contributed by atoms with Crippen LogP contribution in [0.5, 0.6) is 0 Å². The zero-order chi connectivity index (χ0) is 11.1. The van der Waals surface area contributed by atoms with Gasteiger partial charge in [0.05, 0.1) is 6.61 Å². The van der Waals surface area contributed by atoms with Crippen LogP contribution in [-0.4, -0.2) is 23.0 Å². The van der Waals surface area contributed by atoms with E-state index < -0.39 is 0 Å². The summed E-state index contributed by atoms with van der Waals surface area (Å²) in [5.41, 5.74) is 1.62. The fourth-order valence-corrected chi connectivity index (χ4v) is 1.50. The molecule has 0 heterocycles. The smallest absolute Gasteiger partial charge is 0.225 e. The van der Waals surface area contributed by atoms with Crippen molar-refractivity contribution in [2.75, 3.05) is 17.3 Å². The van der Waals surface area contributed by atoms with Gasteiger partial charge in [0.2, 0.25) is 5.91 Å². The highest BCUT2D eigenvalue weighted by Gasteiger charge is 2.01. The molecule has 0 bridgehead atoms. The Labute approximate surface area is 93.9 Å². The summed E-state index contributed by atoms with van der Waals surface area (Å²) in [7, 11) is 0. The van der Waals surface area contributed by atoms with Crippen LogP contribution < -0.4 is 5.32 Å². The summed E-state index contributed by atoms with van der Waals surface area (Å²) in [5, 5.41) is 11.6. The summed E-state index contributed by atoms with van der Waals surface area (Å²) < 4.78 is 0. The quantitative estimate of drug-likeness (QED) is 0.804. The molecule has 1 amide bonds. The van der Waals surface area contributed by atoms with E-state index in [4.69, 9.17) is 5.11 Å². The second-order valence-corrected chi connectivity index (χ2v) is 4.13. The van der Waals surface area contributed by atoms with Gasteiger partial charge < -0.3 is 10.4 Å². The molecule has 3 nitrogen and oxygen atoms in total. The largest absolute Gasteiger partial charge is 0.392 e. The molecular formula is C11H15NO2S. The van der Waals surface area contributed by atoms with Crippen molar-refractivity contribution < 1.29 is 9.90 Å². The Kier molecular flexibility index (Phi) is 5.21. The molecule has 0 aliphatic rings. The van der Waals surface area contributed by atoms with Crippen LogP contribution in [0.2, 0.25) is 0 Å². The van der Waals surface area contributed by atoms with Crippen molar-refractivity contribution in [2.24, 2.45) is 0 Å². The number of carbonyl (C=O) groups is 1. The van der Waals surface area contributed by atoms with Crippen molar-refractivity contribution in [3.05, 3.63) is 29.8 Å². The van der Waals surface area contributed by atoms with Crippen LogP contribution >= 0.6 is 11.8 Å². The van der Waals surface area contributed by atoms with Gasteiger partial charge in [-0.05, 0) is 24.0 Å². The van der Waals surface area contributed by atoms with Gasteiger partial charge in [-0.25, -0.2) is 0 Å². The van der Waals surface area contributed by atoms with Crippen LogP contribution in [0.4, 0.5) is 5.69 Å². The Bertz CT molecular complexity index is 311. The average Bonchev–Trinajstić information content (AvgIpc) is 2.27. The van der Waals surface area contributed by atoms with E-state index in [9.17, 15) is 4.79 Å². The van der Waals surface area contributed by atoms with E-state index in [0.29, 0.717) is 6.42 Å². The van der Waals surface area contributed by atoms with E-state index in [2.05, 4.69) is 5.32 Å². The molecule has 0 saturated heterocycles. The predicted molar refractivity (Wildman–Crippen MR) is 64.0 cm³/mol. The summed E-state index contributed by atoms with van der Waals surface area (Å²) >= 11 is 1.65. The van der Waals surface area contributed by atoms with Gasteiger partial charge in [-0.1, -0.05) is 12.1 Å². The lowest BCUT2D eigenvalue weighted by Gasteiger charge is -2.04. The third-order valence-corrected chi connectivity index (χ3v) is 2.57. The van der Waals surface area contributed by atoms with Crippen molar-refractivity contribution >= 4 is 23.4 Å². The minimum atomic E-state index is 0.0285. The Morgan fingerprint density at radius 2 is 2.07 bits per heavy atom. The molecule has 0 spiro atoms. The Hall–Kier alpha value is -1.00. The van der Waals surface area contributed by atoms with Gasteiger partial charge in [-0.15, -0.1) is 0 Å². The molecule has 0 aliphatic heterocycles. The monoisotopic (exact) mass is 225 g/mol. The predicted octanol–water partition coefficient (Wildman–Crippen LogP) is 1.87. The summed E-state index contributed by atoms with van der Waals surface area (Å²) in [4.78, 5) is 11.4. The first kappa shape index (κ1) is 12.1. The van der Waals surface area contributed by atoms with Crippen LogP contribution in [0, 0.1) is 0 Å². The van der Waals surface area contributed by atoms with Gasteiger partial charge >= 0.3 is 0 Å². The second-order valence-electron chi connectivity index (χ2n) is 3.15. The topological polar surface area (TPSA) is 49.3 Å². The lowest BCUT2D eigenvalue weighted by molar-refractivity contribution is -0.115. The molecule has 0 aromatic heterocycles. The molecule has 1 aromatic rings. The number of aliphatic hydroxyl groups is 1. The lowest BCUT2D eigenvalue weighted by Crippen LogP contribution is -2.11. The lowest BCUT2D eigenvalue weighted by atomic mass is 10.2. The van der Waals surface area contributed by atoms with Crippen LogP contribution in [0.15, 0.2) is 24.3 Å². The van der Waals surface area contributed by atoms with Gasteiger partial charge in [0.25, 0.3) is 0 Å². The van der Waals surface area contributed by atoms with Gasteiger partial charge in [-0.2, -0.15) is 11.8 Å². The van der Waals surface area contributed by atoms with Crippen molar-refractivity contribution in [1.82, 2.24) is 0 Å². The van der Waals surface area contributed by atoms with Gasteiger partial charge in [0.1, 0.15) is 0 Å². The highest BCUT2D eigenvalue weighted by atomic mass is 32.2. The molecule has 0 saturated carbocycles. The van der Waals surface area contributed by atoms with Gasteiger partial charge in [0.15, 0.2) is 0 Å². The highest BCUT2D eigenvalue weighted by Crippen LogP contribution is 2.10. The summed E-state index contributed by atoms with van der Waals surface area (Å²) in [5.74, 6) is 0.863. The number of hydrogen-bond donors (Lipinski definition) is 2. The number of carbonyl (C=O) groups excluding carboxylic acids is 1. The van der Waals surface area contributed by atoms with Crippen molar-refractivity contribution in [3.8, 4) is 0 Å². The van der Waals surface area contributed by atoms with Crippen molar-refractivity contribution in [1.29, 1.82) is 0 Å². The number of thioether (sulfide) groups is 1. The Morgan fingerprint density at radius 3 is 2.60 bits per heavy atom. The Morgan fingerprint density at radius 1 is 1.40 bits per heavy atom. The molecule has 1 aromatic carbocycles. The molecule has 1 rings (SSSR count). The van der Waals surface area contributed by atoms with Crippen molar-refractivity contribution in [2.45, 2.75) is 13.0 Å². The van der Waals surface area contributed by atoms with Crippen LogP contribution in [0.1, 0.15) is 12.0 Å². The standard InChI is InChI=1S/C11H15NO2S/c1-15-7-6-11(14)12-10-4-2-9(8-13)3-5-10/h2-5,13H,6-8H2,1H3,(H,12,14). The first-order valence-electron chi connectivity index (χ1n) is 4.75. The zero-order valence-corrected chi connectivity index (χ0v) is 9.51. The van der Waals surface area contributed by atoms with Gasteiger partial charge in [-0.3, -0.25) is 4.79 Å². The molecule has 0 unspecified atom stereocenters. The zero-order valence-electron chi connectivity index (χ0n) is 8.69. The molecule has 0 aliphatic carbocycles. The number of benzene rings is 1. The summed E-state index contributed by atoms with van der Waals surface area (Å²) in [6, 6.07) is 7.18. The fourth-order valence-electron chi connectivity index (χ4n) is 1.11. The molecular weight excluding hydrogens is 210 g/mol. The van der Waals surface area contributed by atoms with E-state index >= 15 is 0 Å². The minimum absolute atomic E-state index is 0.0285.